The van der Waals surface area contributed by atoms with E-state index in [4.69, 9.17) is 24.1 Å². The lowest BCUT2D eigenvalue weighted by Crippen LogP contribution is -2.15. The Kier molecular flexibility index (Phi) is 6.70. The van der Waals surface area contributed by atoms with Crippen LogP contribution in [-0.4, -0.2) is 15.0 Å². The van der Waals surface area contributed by atoms with Crippen LogP contribution in [0.4, 0.5) is 17.1 Å². The smallest absolute Gasteiger partial charge is 0.164 e. The molecule has 1 aliphatic heterocycles. The summed E-state index contributed by atoms with van der Waals surface area (Å²) < 4.78 is 12.9. The van der Waals surface area contributed by atoms with Crippen LogP contribution in [0.2, 0.25) is 0 Å². The molecule has 0 aliphatic carbocycles. The first-order valence-corrected chi connectivity index (χ1v) is 16.9. The standard InChI is InChI=1S/C45H28N4O2/c1-3-12-29(13-4-1)30-22-24-32(25-23-30)44-46-43(31-14-5-2-6-15-31)47-45(48-44)33-26-27-34-41(28-33)51-40-21-11-18-37(42(34)40)49-35-16-7-9-19-38(35)50-39-20-10-8-17-36(39)49/h1-28H. The van der Waals surface area contributed by atoms with E-state index in [0.29, 0.717) is 17.5 Å². The van der Waals surface area contributed by atoms with Crippen LogP contribution in [0.3, 0.4) is 0 Å². The van der Waals surface area contributed by atoms with E-state index in [0.717, 1.165) is 78.3 Å². The molecule has 2 aromatic heterocycles. The van der Waals surface area contributed by atoms with Gasteiger partial charge in [0.15, 0.2) is 29.0 Å². The van der Waals surface area contributed by atoms with E-state index >= 15 is 0 Å². The molecule has 9 aromatic rings. The molecule has 3 heterocycles. The van der Waals surface area contributed by atoms with E-state index in [9.17, 15) is 0 Å². The molecular weight excluding hydrogens is 629 g/mol. The SMILES string of the molecule is c1ccc(-c2ccc(-c3nc(-c4ccccc4)nc(-c4ccc5c(c4)oc4cccc(N6c7ccccc7Oc7ccccc76)c45)n3)cc2)cc1. The summed E-state index contributed by atoms with van der Waals surface area (Å²) in [5.41, 5.74) is 9.46. The molecule has 0 unspecified atom stereocenters. The summed E-state index contributed by atoms with van der Waals surface area (Å²) in [6.45, 7) is 0. The highest BCUT2D eigenvalue weighted by Crippen LogP contribution is 2.52. The summed E-state index contributed by atoms with van der Waals surface area (Å²) in [6, 6.07) is 57.4. The minimum Gasteiger partial charge on any atom is -0.456 e. The van der Waals surface area contributed by atoms with Crippen LogP contribution in [-0.2, 0) is 0 Å². The van der Waals surface area contributed by atoms with Gasteiger partial charge in [0.25, 0.3) is 0 Å². The third-order valence-corrected chi connectivity index (χ3v) is 9.32. The number of fused-ring (bicyclic) bond motifs is 5. The van der Waals surface area contributed by atoms with Crippen LogP contribution >= 0.6 is 0 Å². The number of hydrogen-bond acceptors (Lipinski definition) is 6. The number of rotatable bonds is 5. The summed E-state index contributed by atoms with van der Waals surface area (Å²) in [6.07, 6.45) is 0. The molecule has 6 heteroatoms. The highest BCUT2D eigenvalue weighted by atomic mass is 16.5. The molecule has 0 N–H and O–H groups in total. The van der Waals surface area contributed by atoms with Crippen molar-refractivity contribution in [2.24, 2.45) is 0 Å². The Bertz CT molecular complexity index is 2680. The van der Waals surface area contributed by atoms with Gasteiger partial charge in [0.2, 0.25) is 0 Å². The monoisotopic (exact) mass is 656 g/mol. The van der Waals surface area contributed by atoms with Crippen LogP contribution < -0.4 is 9.64 Å². The zero-order chi connectivity index (χ0) is 33.7. The van der Waals surface area contributed by atoms with E-state index in [-0.39, 0.29) is 0 Å². The maximum Gasteiger partial charge on any atom is 0.164 e. The van der Waals surface area contributed by atoms with Crippen molar-refractivity contribution in [3.8, 4) is 56.8 Å². The fraction of sp³-hybridized carbons (Fsp3) is 0. The lowest BCUT2D eigenvalue weighted by atomic mass is 10.0. The second-order valence-electron chi connectivity index (χ2n) is 12.5. The summed E-state index contributed by atoms with van der Waals surface area (Å²) in [5, 5.41) is 2.02. The molecule has 0 radical (unpaired) electrons. The Hall–Kier alpha value is -7.05. The molecule has 0 bridgehead atoms. The highest BCUT2D eigenvalue weighted by Gasteiger charge is 2.28. The van der Waals surface area contributed by atoms with Crippen molar-refractivity contribution in [3.63, 3.8) is 0 Å². The van der Waals surface area contributed by atoms with Gasteiger partial charge >= 0.3 is 0 Å². The Morgan fingerprint density at radius 3 is 1.53 bits per heavy atom. The minimum atomic E-state index is 0.574. The summed E-state index contributed by atoms with van der Waals surface area (Å²) in [5.74, 6) is 3.40. The normalized spacial score (nSPS) is 12.0. The van der Waals surface area contributed by atoms with Crippen LogP contribution in [0, 0.1) is 0 Å². The molecule has 0 spiro atoms. The quantitative estimate of drug-likeness (QED) is 0.184. The summed E-state index contributed by atoms with van der Waals surface area (Å²) in [7, 11) is 0. The molecule has 0 atom stereocenters. The van der Waals surface area contributed by atoms with Gasteiger partial charge in [-0.15, -0.1) is 0 Å². The molecular formula is C45H28N4O2. The Labute approximate surface area is 293 Å². The van der Waals surface area contributed by atoms with E-state index in [1.165, 1.54) is 0 Å². The zero-order valence-electron chi connectivity index (χ0n) is 27.3. The predicted molar refractivity (Wildman–Crippen MR) is 204 cm³/mol. The van der Waals surface area contributed by atoms with Gasteiger partial charge in [0.05, 0.1) is 22.4 Å². The number of ether oxygens (including phenoxy) is 1. The van der Waals surface area contributed by atoms with Crippen molar-refractivity contribution in [3.05, 3.63) is 170 Å². The first-order valence-electron chi connectivity index (χ1n) is 16.9. The van der Waals surface area contributed by atoms with Crippen LogP contribution in [0.25, 0.3) is 67.2 Å². The van der Waals surface area contributed by atoms with E-state index in [1.807, 2.05) is 103 Å². The van der Waals surface area contributed by atoms with Gasteiger partial charge in [0.1, 0.15) is 11.2 Å². The van der Waals surface area contributed by atoms with Crippen LogP contribution in [0.1, 0.15) is 0 Å². The van der Waals surface area contributed by atoms with Crippen molar-refractivity contribution in [2.75, 3.05) is 4.90 Å². The van der Waals surface area contributed by atoms with Gasteiger partial charge in [-0.3, -0.25) is 0 Å². The topological polar surface area (TPSA) is 64.3 Å². The van der Waals surface area contributed by atoms with E-state index < -0.39 is 0 Å². The fourth-order valence-electron chi connectivity index (χ4n) is 6.89. The maximum absolute atomic E-state index is 6.58. The van der Waals surface area contributed by atoms with Gasteiger partial charge in [-0.25, -0.2) is 15.0 Å². The van der Waals surface area contributed by atoms with Gasteiger partial charge in [0, 0.05) is 22.1 Å². The molecule has 0 saturated heterocycles. The molecule has 0 saturated carbocycles. The molecule has 0 fully saturated rings. The molecule has 6 nitrogen and oxygen atoms in total. The van der Waals surface area contributed by atoms with Crippen molar-refractivity contribution in [2.45, 2.75) is 0 Å². The lowest BCUT2D eigenvalue weighted by molar-refractivity contribution is 0.477. The number of furan rings is 1. The zero-order valence-corrected chi connectivity index (χ0v) is 27.3. The summed E-state index contributed by atoms with van der Waals surface area (Å²) in [4.78, 5) is 17.2. The molecule has 10 rings (SSSR count). The predicted octanol–water partition coefficient (Wildman–Crippen LogP) is 12.0. The third kappa shape index (κ3) is 5.01. The second-order valence-corrected chi connectivity index (χ2v) is 12.5. The average Bonchev–Trinajstić information content (AvgIpc) is 3.59. The second kappa shape index (κ2) is 11.8. The lowest BCUT2D eigenvalue weighted by Gasteiger charge is -2.33. The third-order valence-electron chi connectivity index (χ3n) is 9.32. The van der Waals surface area contributed by atoms with Crippen molar-refractivity contribution in [1.82, 2.24) is 15.0 Å². The molecule has 7 aromatic carbocycles. The number of hydrogen-bond donors (Lipinski definition) is 0. The van der Waals surface area contributed by atoms with Crippen molar-refractivity contribution >= 4 is 39.0 Å². The molecule has 0 amide bonds. The van der Waals surface area contributed by atoms with Crippen molar-refractivity contribution < 1.29 is 9.15 Å². The highest BCUT2D eigenvalue weighted by molar-refractivity contribution is 6.14. The molecule has 240 valence electrons. The first kappa shape index (κ1) is 28.9. The summed E-state index contributed by atoms with van der Waals surface area (Å²) >= 11 is 0. The number of nitrogens with zero attached hydrogens (tertiary/aromatic N) is 4. The van der Waals surface area contributed by atoms with Gasteiger partial charge in [-0.2, -0.15) is 0 Å². The largest absolute Gasteiger partial charge is 0.456 e. The Morgan fingerprint density at radius 1 is 0.373 bits per heavy atom. The van der Waals surface area contributed by atoms with Gasteiger partial charge in [-0.1, -0.05) is 121 Å². The van der Waals surface area contributed by atoms with Crippen molar-refractivity contribution in [1.29, 1.82) is 0 Å². The minimum absolute atomic E-state index is 0.574. The molecule has 1 aliphatic rings. The molecule has 51 heavy (non-hydrogen) atoms. The van der Waals surface area contributed by atoms with E-state index in [2.05, 4.69) is 71.6 Å². The Balaban J connectivity index is 1.11. The fourth-order valence-corrected chi connectivity index (χ4v) is 6.89. The van der Waals surface area contributed by atoms with Crippen LogP contribution in [0.15, 0.2) is 174 Å². The van der Waals surface area contributed by atoms with E-state index in [1.54, 1.807) is 0 Å². The number of benzene rings is 7. The van der Waals surface area contributed by atoms with Gasteiger partial charge < -0.3 is 14.1 Å². The number of aromatic nitrogens is 3. The van der Waals surface area contributed by atoms with Crippen LogP contribution in [0.5, 0.6) is 11.5 Å². The first-order chi connectivity index (χ1) is 25.3. The number of anilines is 3. The van der Waals surface area contributed by atoms with Gasteiger partial charge in [-0.05, 0) is 59.7 Å². The average molecular weight is 657 g/mol. The Morgan fingerprint density at radius 2 is 0.863 bits per heavy atom. The number of para-hydroxylation sites is 4. The maximum atomic E-state index is 6.58.